The molecule has 0 spiro atoms. The normalized spacial score (nSPS) is 22.1. The maximum Gasteiger partial charge on any atom is 0.239 e. The number of rotatable bonds is 4. The molecule has 1 amide bonds. The number of hydrogen-bond acceptors (Lipinski definition) is 5. The van der Waals surface area contributed by atoms with Gasteiger partial charge in [0.05, 0.1) is 24.2 Å². The first-order valence-corrected chi connectivity index (χ1v) is 8.77. The number of amides is 1. The van der Waals surface area contributed by atoms with Crippen LogP contribution < -0.4 is 10.5 Å². The summed E-state index contributed by atoms with van der Waals surface area (Å²) >= 11 is 0. The molecule has 1 aliphatic rings. The molecule has 1 heterocycles. The van der Waals surface area contributed by atoms with Crippen molar-refractivity contribution < 1.29 is 9.53 Å². The van der Waals surface area contributed by atoms with Crippen LogP contribution in [0.2, 0.25) is 0 Å². The van der Waals surface area contributed by atoms with E-state index in [0.717, 1.165) is 16.9 Å². The first kappa shape index (κ1) is 18.5. The van der Waals surface area contributed by atoms with Gasteiger partial charge in [-0.3, -0.25) is 9.69 Å². The molecule has 6 nitrogen and oxygen atoms in total. The molecule has 2 N–H and O–H groups in total. The van der Waals surface area contributed by atoms with Crippen molar-refractivity contribution in [3.05, 3.63) is 65.2 Å². The lowest BCUT2D eigenvalue weighted by atomic mass is 9.74. The Balaban J connectivity index is 2.15. The molecular formula is C21H22N4O2. The summed E-state index contributed by atoms with van der Waals surface area (Å²) in [5.74, 6) is 0.192. The Bertz CT molecular complexity index is 930. The molecule has 0 aliphatic carbocycles. The summed E-state index contributed by atoms with van der Waals surface area (Å²) in [6.07, 6.45) is 0. The van der Waals surface area contributed by atoms with Crippen LogP contribution in [0, 0.1) is 11.3 Å². The van der Waals surface area contributed by atoms with Crippen molar-refractivity contribution in [1.82, 2.24) is 4.90 Å². The number of likely N-dealkylation sites (N-methyl/N-ethyl adjacent to an activating group) is 1. The maximum atomic E-state index is 13.2. The van der Waals surface area contributed by atoms with E-state index in [-0.39, 0.29) is 11.9 Å². The molecule has 6 heteroatoms. The highest BCUT2D eigenvalue weighted by molar-refractivity contribution is 6.02. The van der Waals surface area contributed by atoms with Crippen molar-refractivity contribution in [2.24, 2.45) is 10.7 Å². The molecule has 2 aromatic rings. The van der Waals surface area contributed by atoms with Crippen LogP contribution >= 0.6 is 0 Å². The molecule has 0 aromatic heterocycles. The van der Waals surface area contributed by atoms with Gasteiger partial charge in [0.15, 0.2) is 5.96 Å². The molecule has 2 atom stereocenters. The van der Waals surface area contributed by atoms with Gasteiger partial charge in [0.2, 0.25) is 5.91 Å². The summed E-state index contributed by atoms with van der Waals surface area (Å²) in [6, 6.07) is 16.7. The number of nitrogens with two attached hydrogens (primary N) is 1. The van der Waals surface area contributed by atoms with Crippen molar-refractivity contribution in [3.8, 4) is 11.8 Å². The van der Waals surface area contributed by atoms with E-state index in [1.54, 1.807) is 25.2 Å². The highest BCUT2D eigenvalue weighted by Crippen LogP contribution is 2.44. The number of ether oxygens (including phenoxy) is 1. The molecule has 0 saturated heterocycles. The number of nitriles is 1. The molecule has 0 bridgehead atoms. The van der Waals surface area contributed by atoms with Gasteiger partial charge in [-0.05, 0) is 49.2 Å². The summed E-state index contributed by atoms with van der Waals surface area (Å²) in [6.45, 7) is 4.37. The van der Waals surface area contributed by atoms with E-state index in [2.05, 4.69) is 11.1 Å². The van der Waals surface area contributed by atoms with Crippen molar-refractivity contribution in [2.75, 3.05) is 13.7 Å². The fourth-order valence-corrected chi connectivity index (χ4v) is 3.45. The average Bonchev–Trinajstić information content (AvgIpc) is 2.68. The van der Waals surface area contributed by atoms with Crippen LogP contribution in [-0.4, -0.2) is 30.4 Å². The fourth-order valence-electron chi connectivity index (χ4n) is 3.45. The van der Waals surface area contributed by atoms with Crippen LogP contribution in [0.5, 0.6) is 5.75 Å². The second-order valence-corrected chi connectivity index (χ2v) is 6.64. The number of hydrogen-bond donors (Lipinski definition) is 1. The molecule has 3 rings (SSSR count). The second kappa shape index (κ2) is 7.12. The summed E-state index contributed by atoms with van der Waals surface area (Å²) in [5, 5.41) is 9.25. The van der Waals surface area contributed by atoms with Crippen LogP contribution in [-0.2, 0) is 10.3 Å². The Morgan fingerprint density at radius 1 is 1.30 bits per heavy atom. The van der Waals surface area contributed by atoms with Crippen molar-refractivity contribution in [1.29, 1.82) is 5.26 Å². The molecule has 1 aliphatic heterocycles. The Labute approximate surface area is 158 Å². The first-order chi connectivity index (χ1) is 12.9. The number of carbonyl (C=O) groups is 1. The highest BCUT2D eigenvalue weighted by atomic mass is 16.5. The van der Waals surface area contributed by atoms with Gasteiger partial charge in [0.25, 0.3) is 0 Å². The minimum atomic E-state index is -0.923. The highest BCUT2D eigenvalue weighted by Gasteiger charge is 2.47. The number of nitrogens with zero attached hydrogens (tertiary/aromatic N) is 3. The summed E-state index contributed by atoms with van der Waals surface area (Å²) in [5.41, 5.74) is 7.20. The third-order valence-electron chi connectivity index (χ3n) is 4.93. The van der Waals surface area contributed by atoms with Crippen LogP contribution in [0.15, 0.2) is 53.5 Å². The van der Waals surface area contributed by atoms with Gasteiger partial charge in [-0.1, -0.05) is 24.3 Å². The molecule has 0 radical (unpaired) electrons. The lowest BCUT2D eigenvalue weighted by Gasteiger charge is -2.41. The first-order valence-electron chi connectivity index (χ1n) is 8.77. The summed E-state index contributed by atoms with van der Waals surface area (Å²) in [4.78, 5) is 19.2. The zero-order chi connectivity index (χ0) is 19.6. The third kappa shape index (κ3) is 3.24. The second-order valence-electron chi connectivity index (χ2n) is 6.64. The summed E-state index contributed by atoms with van der Waals surface area (Å²) in [7, 11) is 1.62. The zero-order valence-electron chi connectivity index (χ0n) is 15.6. The van der Waals surface area contributed by atoms with Crippen LogP contribution in [0.3, 0.4) is 0 Å². The van der Waals surface area contributed by atoms with Gasteiger partial charge < -0.3 is 10.5 Å². The van der Waals surface area contributed by atoms with E-state index in [9.17, 15) is 10.1 Å². The lowest BCUT2D eigenvalue weighted by molar-refractivity contribution is -0.130. The van der Waals surface area contributed by atoms with E-state index in [1.165, 1.54) is 4.90 Å². The molecule has 0 saturated carbocycles. The predicted molar refractivity (Wildman–Crippen MR) is 103 cm³/mol. The minimum Gasteiger partial charge on any atom is -0.494 e. The number of aliphatic imine (C=N–C) groups is 1. The topological polar surface area (TPSA) is 91.7 Å². The SMILES string of the molecule is CCOc1ccc([C@@H]2C(=O)N(C)C(N)=N[C@]2(C)c2cccc(C#N)c2)cc1. The monoisotopic (exact) mass is 362 g/mol. The smallest absolute Gasteiger partial charge is 0.239 e. The van der Waals surface area contributed by atoms with Crippen molar-refractivity contribution in [2.45, 2.75) is 25.3 Å². The van der Waals surface area contributed by atoms with E-state index in [1.807, 2.05) is 44.2 Å². The fraction of sp³-hybridized carbons (Fsp3) is 0.286. The molecule has 138 valence electrons. The van der Waals surface area contributed by atoms with E-state index in [0.29, 0.717) is 12.2 Å². The van der Waals surface area contributed by atoms with Gasteiger partial charge >= 0.3 is 0 Å². The number of guanidine groups is 1. The van der Waals surface area contributed by atoms with Crippen LogP contribution in [0.25, 0.3) is 0 Å². The van der Waals surface area contributed by atoms with E-state index in [4.69, 9.17) is 10.5 Å². The molecule has 27 heavy (non-hydrogen) atoms. The predicted octanol–water partition coefficient (Wildman–Crippen LogP) is 2.74. The lowest BCUT2D eigenvalue weighted by Crippen LogP contribution is -2.52. The molecule has 2 aromatic carbocycles. The molecular weight excluding hydrogens is 340 g/mol. The Hall–Kier alpha value is -3.33. The Morgan fingerprint density at radius 2 is 2.00 bits per heavy atom. The Morgan fingerprint density at radius 3 is 2.63 bits per heavy atom. The van der Waals surface area contributed by atoms with Gasteiger partial charge in [-0.2, -0.15) is 5.26 Å². The van der Waals surface area contributed by atoms with Crippen molar-refractivity contribution >= 4 is 11.9 Å². The zero-order valence-corrected chi connectivity index (χ0v) is 15.6. The molecule has 0 unspecified atom stereocenters. The van der Waals surface area contributed by atoms with Gasteiger partial charge in [0.1, 0.15) is 11.3 Å². The summed E-state index contributed by atoms with van der Waals surface area (Å²) < 4.78 is 5.50. The minimum absolute atomic E-state index is 0.142. The standard InChI is InChI=1S/C21H22N4O2/c1-4-27-17-10-8-15(9-11-17)18-19(26)25(3)20(23)24-21(18,2)16-7-5-6-14(12-16)13-22/h5-12,18H,4H2,1-3H3,(H2,23,24)/t18-,21-/m1/s1. The van der Waals surface area contributed by atoms with Gasteiger partial charge in [-0.15, -0.1) is 0 Å². The van der Waals surface area contributed by atoms with Gasteiger partial charge in [-0.25, -0.2) is 4.99 Å². The third-order valence-corrected chi connectivity index (χ3v) is 4.93. The molecule has 0 fully saturated rings. The average molecular weight is 362 g/mol. The van der Waals surface area contributed by atoms with Crippen LogP contribution in [0.4, 0.5) is 0 Å². The van der Waals surface area contributed by atoms with Crippen molar-refractivity contribution in [3.63, 3.8) is 0 Å². The number of benzene rings is 2. The van der Waals surface area contributed by atoms with E-state index < -0.39 is 11.5 Å². The Kier molecular flexibility index (Phi) is 4.87. The van der Waals surface area contributed by atoms with Crippen LogP contribution in [0.1, 0.15) is 36.5 Å². The quantitative estimate of drug-likeness (QED) is 0.905. The van der Waals surface area contributed by atoms with E-state index >= 15 is 0 Å². The number of carbonyl (C=O) groups excluding carboxylic acids is 1. The maximum absolute atomic E-state index is 13.2. The van der Waals surface area contributed by atoms with Gasteiger partial charge in [0, 0.05) is 7.05 Å². The largest absolute Gasteiger partial charge is 0.494 e.